The highest BCUT2D eigenvalue weighted by Crippen LogP contribution is 2.17. The SMILES string of the molecule is O=C(Nc1nc(CC(=O)N2CCN(Cc3ccccc3)CC2)cs1)c1ncccn1. The number of thiazole rings is 1. The van der Waals surface area contributed by atoms with Gasteiger partial charge in [0.2, 0.25) is 11.7 Å². The van der Waals surface area contributed by atoms with E-state index < -0.39 is 5.91 Å². The van der Waals surface area contributed by atoms with Crippen molar-refractivity contribution in [1.29, 1.82) is 0 Å². The van der Waals surface area contributed by atoms with Gasteiger partial charge in [-0.2, -0.15) is 0 Å². The van der Waals surface area contributed by atoms with Gasteiger partial charge in [-0.25, -0.2) is 15.0 Å². The van der Waals surface area contributed by atoms with E-state index in [9.17, 15) is 9.59 Å². The number of rotatable bonds is 6. The minimum absolute atomic E-state index is 0.0592. The lowest BCUT2D eigenvalue weighted by Gasteiger charge is -2.34. The molecule has 1 fully saturated rings. The molecule has 0 radical (unpaired) electrons. The van der Waals surface area contributed by atoms with Crippen molar-refractivity contribution in [2.45, 2.75) is 13.0 Å². The fourth-order valence-electron chi connectivity index (χ4n) is 3.28. The molecule has 8 nitrogen and oxygen atoms in total. The van der Waals surface area contributed by atoms with E-state index in [1.807, 2.05) is 23.1 Å². The summed E-state index contributed by atoms with van der Waals surface area (Å²) in [6.07, 6.45) is 3.24. The quantitative estimate of drug-likeness (QED) is 0.654. The smallest absolute Gasteiger partial charge is 0.295 e. The molecule has 1 aliphatic heterocycles. The Labute approximate surface area is 178 Å². The molecule has 0 unspecified atom stereocenters. The molecule has 0 atom stereocenters. The molecule has 0 aliphatic carbocycles. The number of nitrogens with zero attached hydrogens (tertiary/aromatic N) is 5. The number of aromatic nitrogens is 3. The molecule has 3 heterocycles. The molecule has 1 N–H and O–H groups in total. The summed E-state index contributed by atoms with van der Waals surface area (Å²) in [7, 11) is 0. The first-order valence-corrected chi connectivity index (χ1v) is 10.6. The monoisotopic (exact) mass is 422 g/mol. The zero-order valence-corrected chi connectivity index (χ0v) is 17.2. The van der Waals surface area contributed by atoms with Crippen LogP contribution in [0.2, 0.25) is 0 Å². The van der Waals surface area contributed by atoms with Gasteiger partial charge in [0, 0.05) is 50.5 Å². The summed E-state index contributed by atoms with van der Waals surface area (Å²) in [6, 6.07) is 12.0. The maximum atomic E-state index is 12.7. The molecular weight excluding hydrogens is 400 g/mol. The Kier molecular flexibility index (Phi) is 6.41. The number of amides is 2. The predicted molar refractivity (Wildman–Crippen MR) is 114 cm³/mol. The van der Waals surface area contributed by atoms with Gasteiger partial charge in [0.1, 0.15) is 0 Å². The van der Waals surface area contributed by atoms with Crippen molar-refractivity contribution < 1.29 is 9.59 Å². The Morgan fingerprint density at radius 2 is 1.73 bits per heavy atom. The number of hydrogen-bond acceptors (Lipinski definition) is 7. The Morgan fingerprint density at radius 3 is 2.47 bits per heavy atom. The molecule has 154 valence electrons. The highest BCUT2D eigenvalue weighted by atomic mass is 32.1. The van der Waals surface area contributed by atoms with Gasteiger partial charge in [0.15, 0.2) is 5.13 Å². The summed E-state index contributed by atoms with van der Waals surface area (Å²) >= 11 is 1.29. The summed E-state index contributed by atoms with van der Waals surface area (Å²) in [6.45, 7) is 4.05. The van der Waals surface area contributed by atoms with E-state index >= 15 is 0 Å². The molecule has 0 saturated carbocycles. The third kappa shape index (κ3) is 5.25. The number of anilines is 1. The van der Waals surface area contributed by atoms with Crippen molar-refractivity contribution in [3.63, 3.8) is 0 Å². The van der Waals surface area contributed by atoms with Crippen molar-refractivity contribution in [3.05, 3.63) is 71.3 Å². The normalized spacial score (nSPS) is 14.5. The maximum absolute atomic E-state index is 12.7. The van der Waals surface area contributed by atoms with Crippen LogP contribution < -0.4 is 5.32 Å². The van der Waals surface area contributed by atoms with Crippen LogP contribution >= 0.6 is 11.3 Å². The number of benzene rings is 1. The Bertz CT molecular complexity index is 987. The van der Waals surface area contributed by atoms with Crippen molar-refractivity contribution in [1.82, 2.24) is 24.8 Å². The topological polar surface area (TPSA) is 91.3 Å². The zero-order chi connectivity index (χ0) is 20.8. The largest absolute Gasteiger partial charge is 0.340 e. The summed E-state index contributed by atoms with van der Waals surface area (Å²) in [5.74, 6) is -0.278. The lowest BCUT2D eigenvalue weighted by molar-refractivity contribution is -0.132. The minimum Gasteiger partial charge on any atom is -0.340 e. The summed E-state index contributed by atoms with van der Waals surface area (Å²) in [5, 5.41) is 4.90. The lowest BCUT2D eigenvalue weighted by atomic mass is 10.2. The second-order valence-corrected chi connectivity index (χ2v) is 7.85. The molecule has 0 bridgehead atoms. The Balaban J connectivity index is 1.25. The third-order valence-corrected chi connectivity index (χ3v) is 5.65. The standard InChI is InChI=1S/C21H22N6O2S/c28-18(27-11-9-26(10-12-27)14-16-5-2-1-3-6-16)13-17-15-30-21(24-17)25-20(29)19-22-7-4-8-23-19/h1-8,15H,9-14H2,(H,24,25,29). The first-order chi connectivity index (χ1) is 14.7. The molecule has 3 aromatic rings. The molecule has 30 heavy (non-hydrogen) atoms. The van der Waals surface area contributed by atoms with Crippen LogP contribution in [0.15, 0.2) is 54.2 Å². The zero-order valence-electron chi connectivity index (χ0n) is 16.4. The van der Waals surface area contributed by atoms with Gasteiger partial charge in [-0.05, 0) is 11.6 Å². The molecule has 1 saturated heterocycles. The molecule has 9 heteroatoms. The van der Waals surface area contributed by atoms with E-state index in [1.165, 1.54) is 29.3 Å². The minimum atomic E-state index is -0.419. The average molecular weight is 423 g/mol. The van der Waals surface area contributed by atoms with E-state index in [0.717, 1.165) is 19.6 Å². The molecule has 0 spiro atoms. The van der Waals surface area contributed by atoms with Crippen molar-refractivity contribution in [2.24, 2.45) is 0 Å². The van der Waals surface area contributed by atoms with E-state index in [-0.39, 0.29) is 18.2 Å². The predicted octanol–water partition coefficient (Wildman–Crippen LogP) is 2.07. The first-order valence-electron chi connectivity index (χ1n) is 9.74. The van der Waals surface area contributed by atoms with Crippen LogP contribution in [0.5, 0.6) is 0 Å². The van der Waals surface area contributed by atoms with Crippen LogP contribution in [0, 0.1) is 0 Å². The lowest BCUT2D eigenvalue weighted by Crippen LogP contribution is -2.48. The Hall–Kier alpha value is -3.17. The van der Waals surface area contributed by atoms with E-state index in [0.29, 0.717) is 23.9 Å². The number of piperazine rings is 1. The number of carbonyl (C=O) groups is 2. The van der Waals surface area contributed by atoms with Crippen LogP contribution in [0.25, 0.3) is 0 Å². The maximum Gasteiger partial charge on any atom is 0.295 e. The molecule has 4 rings (SSSR count). The number of nitrogens with one attached hydrogen (secondary N) is 1. The molecule has 1 aromatic carbocycles. The third-order valence-electron chi connectivity index (χ3n) is 4.85. The van der Waals surface area contributed by atoms with Crippen LogP contribution in [0.3, 0.4) is 0 Å². The van der Waals surface area contributed by atoms with Crippen molar-refractivity contribution >= 4 is 28.3 Å². The molecular formula is C21H22N6O2S. The van der Waals surface area contributed by atoms with E-state index in [1.54, 1.807) is 11.4 Å². The van der Waals surface area contributed by atoms with E-state index in [4.69, 9.17) is 0 Å². The molecule has 1 aliphatic rings. The fraction of sp³-hybridized carbons (Fsp3) is 0.286. The van der Waals surface area contributed by atoms with Crippen molar-refractivity contribution in [3.8, 4) is 0 Å². The first kappa shape index (κ1) is 20.1. The Morgan fingerprint density at radius 1 is 1.00 bits per heavy atom. The number of carbonyl (C=O) groups excluding carboxylic acids is 2. The van der Waals surface area contributed by atoms with Crippen LogP contribution in [-0.4, -0.2) is 62.7 Å². The van der Waals surface area contributed by atoms with Gasteiger partial charge in [0.25, 0.3) is 5.91 Å². The van der Waals surface area contributed by atoms with Crippen LogP contribution in [0.1, 0.15) is 21.9 Å². The van der Waals surface area contributed by atoms with Gasteiger partial charge < -0.3 is 4.90 Å². The number of hydrogen-bond donors (Lipinski definition) is 1. The van der Waals surface area contributed by atoms with Gasteiger partial charge >= 0.3 is 0 Å². The van der Waals surface area contributed by atoms with Gasteiger partial charge in [-0.3, -0.25) is 19.8 Å². The van der Waals surface area contributed by atoms with E-state index in [2.05, 4.69) is 37.3 Å². The molecule has 2 amide bonds. The fourth-order valence-corrected chi connectivity index (χ4v) is 3.98. The summed E-state index contributed by atoms with van der Waals surface area (Å²) in [4.78, 5) is 41.2. The van der Waals surface area contributed by atoms with Crippen molar-refractivity contribution in [2.75, 3.05) is 31.5 Å². The van der Waals surface area contributed by atoms with Crippen LogP contribution in [0.4, 0.5) is 5.13 Å². The van der Waals surface area contributed by atoms with Gasteiger partial charge in [-0.15, -0.1) is 11.3 Å². The summed E-state index contributed by atoms with van der Waals surface area (Å²) in [5.41, 5.74) is 1.94. The highest BCUT2D eigenvalue weighted by Gasteiger charge is 2.22. The average Bonchev–Trinajstić information content (AvgIpc) is 3.22. The van der Waals surface area contributed by atoms with Gasteiger partial charge in [0.05, 0.1) is 12.1 Å². The summed E-state index contributed by atoms with van der Waals surface area (Å²) < 4.78 is 0. The molecule has 2 aromatic heterocycles. The second-order valence-electron chi connectivity index (χ2n) is 6.99. The van der Waals surface area contributed by atoms with Gasteiger partial charge in [-0.1, -0.05) is 30.3 Å². The second kappa shape index (κ2) is 9.55. The van der Waals surface area contributed by atoms with Crippen LogP contribution in [-0.2, 0) is 17.8 Å². The highest BCUT2D eigenvalue weighted by molar-refractivity contribution is 7.14.